The fourth-order valence-corrected chi connectivity index (χ4v) is 4.08. The summed E-state index contributed by atoms with van der Waals surface area (Å²) in [5, 5.41) is 3.28. The van der Waals surface area contributed by atoms with Crippen molar-refractivity contribution in [1.29, 1.82) is 0 Å². The Hall–Kier alpha value is -3.39. The molecule has 8 nitrogen and oxygen atoms in total. The highest BCUT2D eigenvalue weighted by Gasteiger charge is 2.21. The third-order valence-electron chi connectivity index (χ3n) is 5.95. The van der Waals surface area contributed by atoms with E-state index in [1.165, 1.54) is 5.69 Å². The van der Waals surface area contributed by atoms with E-state index in [0.717, 1.165) is 61.7 Å². The van der Waals surface area contributed by atoms with Gasteiger partial charge in [0.1, 0.15) is 11.5 Å². The van der Waals surface area contributed by atoms with Gasteiger partial charge in [0.05, 0.1) is 0 Å². The van der Waals surface area contributed by atoms with Gasteiger partial charge in [-0.3, -0.25) is 4.79 Å². The number of hydrogen-bond acceptors (Lipinski definition) is 7. The van der Waals surface area contributed by atoms with E-state index in [1.807, 2.05) is 12.1 Å². The van der Waals surface area contributed by atoms with E-state index in [-0.39, 0.29) is 0 Å². The van der Waals surface area contributed by atoms with Gasteiger partial charge in [0, 0.05) is 68.8 Å². The van der Waals surface area contributed by atoms with Crippen LogP contribution in [0.5, 0.6) is 0 Å². The highest BCUT2D eigenvalue weighted by atomic mass is 16.3. The molecule has 2 aromatic heterocycles. The molecule has 0 saturated carbocycles. The molecule has 1 N–H and O–H groups in total. The van der Waals surface area contributed by atoms with Gasteiger partial charge in [-0.05, 0) is 43.4 Å². The molecule has 0 atom stereocenters. The molecule has 5 rings (SSSR count). The van der Waals surface area contributed by atoms with Crippen LogP contribution >= 0.6 is 0 Å². The van der Waals surface area contributed by atoms with Crippen molar-refractivity contribution in [3.63, 3.8) is 0 Å². The molecule has 2 aliphatic rings. The monoisotopic (exact) mass is 418 g/mol. The Bertz CT molecular complexity index is 1060. The molecule has 1 fully saturated rings. The van der Waals surface area contributed by atoms with Crippen LogP contribution in [-0.2, 0) is 17.8 Å². The first-order valence-corrected chi connectivity index (χ1v) is 10.6. The second-order valence-corrected chi connectivity index (χ2v) is 8.11. The van der Waals surface area contributed by atoms with Gasteiger partial charge in [-0.2, -0.15) is 0 Å². The second-order valence-electron chi connectivity index (χ2n) is 8.11. The molecule has 0 aliphatic carbocycles. The zero-order valence-corrected chi connectivity index (χ0v) is 17.6. The average molecular weight is 419 g/mol. The number of furan rings is 1. The standard InChI is InChI=1S/C23H26N6O2/c1-27-10-12-29(13-11-27)19-4-2-18(3-5-19)25-23-24-8-6-20(26-23)22-14-17-15-28(16-30)9-7-21(17)31-22/h2-6,8,14,16H,7,9-13,15H2,1H3,(H,24,25,26). The normalized spacial score (nSPS) is 16.8. The minimum absolute atomic E-state index is 0.522. The minimum atomic E-state index is 0.522. The molecule has 0 unspecified atom stereocenters. The maximum atomic E-state index is 11.1. The third-order valence-corrected chi connectivity index (χ3v) is 5.95. The van der Waals surface area contributed by atoms with E-state index in [0.29, 0.717) is 24.8 Å². The highest BCUT2D eigenvalue weighted by Crippen LogP contribution is 2.29. The predicted octanol–water partition coefficient (Wildman–Crippen LogP) is 2.75. The summed E-state index contributed by atoms with van der Waals surface area (Å²) < 4.78 is 6.01. The molecule has 2 aliphatic heterocycles. The number of anilines is 3. The molecule has 1 amide bonds. The SMILES string of the molecule is CN1CCN(c2ccc(Nc3nccc(-c4cc5c(o4)CCN(C=O)C5)n3)cc2)CC1. The first-order chi connectivity index (χ1) is 15.2. The van der Waals surface area contributed by atoms with Gasteiger partial charge in [0.15, 0.2) is 5.76 Å². The van der Waals surface area contributed by atoms with Gasteiger partial charge < -0.3 is 24.4 Å². The fourth-order valence-electron chi connectivity index (χ4n) is 4.08. The van der Waals surface area contributed by atoms with E-state index in [4.69, 9.17) is 4.42 Å². The Morgan fingerprint density at radius 1 is 1.06 bits per heavy atom. The van der Waals surface area contributed by atoms with Crippen molar-refractivity contribution in [3.05, 3.63) is 53.9 Å². The van der Waals surface area contributed by atoms with Gasteiger partial charge in [0.2, 0.25) is 12.4 Å². The lowest BCUT2D eigenvalue weighted by Gasteiger charge is -2.34. The topological polar surface area (TPSA) is 77.7 Å². The number of hydrogen-bond donors (Lipinski definition) is 1. The highest BCUT2D eigenvalue weighted by molar-refractivity contribution is 5.62. The number of carbonyl (C=O) groups excluding carboxylic acids is 1. The molecule has 0 bridgehead atoms. The summed E-state index contributed by atoms with van der Waals surface area (Å²) in [6.07, 6.45) is 3.34. The number of rotatable bonds is 5. The van der Waals surface area contributed by atoms with Crippen LogP contribution in [0.4, 0.5) is 17.3 Å². The largest absolute Gasteiger partial charge is 0.459 e. The van der Waals surface area contributed by atoms with Crippen molar-refractivity contribution in [2.24, 2.45) is 0 Å². The van der Waals surface area contributed by atoms with Gasteiger partial charge >= 0.3 is 0 Å². The van der Waals surface area contributed by atoms with E-state index in [1.54, 1.807) is 11.1 Å². The number of aromatic nitrogens is 2. The summed E-state index contributed by atoms with van der Waals surface area (Å²) in [5.74, 6) is 2.16. The Morgan fingerprint density at radius 3 is 2.65 bits per heavy atom. The number of benzene rings is 1. The van der Waals surface area contributed by atoms with Gasteiger partial charge in [0.25, 0.3) is 0 Å². The van der Waals surface area contributed by atoms with Crippen LogP contribution < -0.4 is 10.2 Å². The van der Waals surface area contributed by atoms with Crippen molar-refractivity contribution in [1.82, 2.24) is 19.8 Å². The van der Waals surface area contributed by atoms with E-state index >= 15 is 0 Å². The van der Waals surface area contributed by atoms with Gasteiger partial charge in [-0.15, -0.1) is 0 Å². The Balaban J connectivity index is 1.29. The van der Waals surface area contributed by atoms with Crippen molar-refractivity contribution in [3.8, 4) is 11.5 Å². The molecular weight excluding hydrogens is 392 g/mol. The van der Waals surface area contributed by atoms with Crippen LogP contribution in [0.25, 0.3) is 11.5 Å². The first kappa shape index (κ1) is 19.6. The van der Waals surface area contributed by atoms with Crippen LogP contribution in [0, 0.1) is 0 Å². The molecule has 160 valence electrons. The van der Waals surface area contributed by atoms with Crippen molar-refractivity contribution in [2.45, 2.75) is 13.0 Å². The van der Waals surface area contributed by atoms with Crippen LogP contribution in [0.15, 0.2) is 47.0 Å². The summed E-state index contributed by atoms with van der Waals surface area (Å²) in [6.45, 7) is 5.54. The van der Waals surface area contributed by atoms with E-state index in [2.05, 4.69) is 56.4 Å². The second kappa shape index (κ2) is 8.39. The summed E-state index contributed by atoms with van der Waals surface area (Å²) >= 11 is 0. The lowest BCUT2D eigenvalue weighted by Crippen LogP contribution is -2.44. The average Bonchev–Trinajstić information content (AvgIpc) is 3.24. The molecule has 31 heavy (non-hydrogen) atoms. The first-order valence-electron chi connectivity index (χ1n) is 10.6. The number of fused-ring (bicyclic) bond motifs is 1. The quantitative estimate of drug-likeness (QED) is 0.639. The third kappa shape index (κ3) is 4.25. The number of carbonyl (C=O) groups is 1. The maximum Gasteiger partial charge on any atom is 0.227 e. The zero-order chi connectivity index (χ0) is 21.2. The number of nitrogens with zero attached hydrogens (tertiary/aromatic N) is 5. The van der Waals surface area contributed by atoms with Crippen molar-refractivity contribution in [2.75, 3.05) is 50.0 Å². The lowest BCUT2D eigenvalue weighted by molar-refractivity contribution is -0.119. The van der Waals surface area contributed by atoms with E-state index < -0.39 is 0 Å². The number of nitrogens with one attached hydrogen (secondary N) is 1. The molecular formula is C23H26N6O2. The Morgan fingerprint density at radius 2 is 1.87 bits per heavy atom. The summed E-state index contributed by atoms with van der Waals surface area (Å²) in [4.78, 5) is 26.5. The van der Waals surface area contributed by atoms with Crippen molar-refractivity contribution < 1.29 is 9.21 Å². The summed E-state index contributed by atoms with van der Waals surface area (Å²) in [5.41, 5.74) is 3.94. The Labute approximate surface area is 181 Å². The molecule has 3 aromatic rings. The summed E-state index contributed by atoms with van der Waals surface area (Å²) in [6, 6.07) is 12.2. The number of piperazine rings is 1. The summed E-state index contributed by atoms with van der Waals surface area (Å²) in [7, 11) is 2.16. The van der Waals surface area contributed by atoms with Crippen LogP contribution in [0.1, 0.15) is 11.3 Å². The smallest absolute Gasteiger partial charge is 0.227 e. The van der Waals surface area contributed by atoms with Crippen LogP contribution in [-0.4, -0.2) is 65.9 Å². The van der Waals surface area contributed by atoms with Gasteiger partial charge in [-0.1, -0.05) is 0 Å². The Kier molecular flexibility index (Phi) is 5.30. The van der Waals surface area contributed by atoms with Gasteiger partial charge in [-0.25, -0.2) is 9.97 Å². The molecule has 1 aromatic carbocycles. The maximum absolute atomic E-state index is 11.1. The van der Waals surface area contributed by atoms with Crippen LogP contribution in [0.2, 0.25) is 0 Å². The fraction of sp³-hybridized carbons (Fsp3) is 0.348. The number of amides is 1. The lowest BCUT2D eigenvalue weighted by atomic mass is 10.1. The zero-order valence-electron chi connectivity index (χ0n) is 17.6. The van der Waals surface area contributed by atoms with Crippen LogP contribution in [0.3, 0.4) is 0 Å². The molecule has 0 radical (unpaired) electrons. The number of likely N-dealkylation sites (N-methyl/N-ethyl adjacent to an activating group) is 1. The van der Waals surface area contributed by atoms with E-state index in [9.17, 15) is 4.79 Å². The molecule has 8 heteroatoms. The predicted molar refractivity (Wildman–Crippen MR) is 119 cm³/mol. The molecule has 1 saturated heterocycles. The molecule has 0 spiro atoms. The van der Waals surface area contributed by atoms with Crippen molar-refractivity contribution >= 4 is 23.7 Å². The minimum Gasteiger partial charge on any atom is -0.459 e. The molecule has 4 heterocycles.